The lowest BCUT2D eigenvalue weighted by Crippen LogP contribution is -2.00. The second kappa shape index (κ2) is 6.83. The van der Waals surface area contributed by atoms with Crippen LogP contribution < -0.4 is 10.1 Å². The molecule has 0 radical (unpaired) electrons. The molecule has 0 fully saturated rings. The maximum atomic E-state index is 9.68. The molecule has 106 valence electrons. The Hall–Kier alpha value is -0.720. The highest BCUT2D eigenvalue weighted by atomic mass is 79.9. The maximum absolute atomic E-state index is 9.68. The number of halogens is 3. The largest absolute Gasteiger partial charge is 0.506 e. The predicted molar refractivity (Wildman–Crippen MR) is 91.5 cm³/mol. The number of benzene rings is 2. The third-order valence-corrected chi connectivity index (χ3v) is 4.59. The van der Waals surface area contributed by atoms with Gasteiger partial charge in [-0.3, -0.25) is 0 Å². The van der Waals surface area contributed by atoms with Crippen molar-refractivity contribution >= 4 is 53.5 Å². The number of rotatable bonds is 4. The Bertz CT molecular complexity index is 609. The molecule has 0 spiro atoms. The Morgan fingerprint density at radius 1 is 1.05 bits per heavy atom. The summed E-state index contributed by atoms with van der Waals surface area (Å²) in [6.07, 6.45) is 0. The van der Waals surface area contributed by atoms with Gasteiger partial charge < -0.3 is 15.2 Å². The fraction of sp³-hybridized carbons (Fsp3) is 0.143. The molecule has 0 aliphatic rings. The Morgan fingerprint density at radius 2 is 1.70 bits per heavy atom. The van der Waals surface area contributed by atoms with Gasteiger partial charge in [-0.1, -0.05) is 0 Å². The van der Waals surface area contributed by atoms with Gasteiger partial charge in [0.25, 0.3) is 0 Å². The molecule has 2 N–H and O–H groups in total. The van der Waals surface area contributed by atoms with Crippen LogP contribution in [0.2, 0.25) is 0 Å². The Kier molecular flexibility index (Phi) is 5.35. The van der Waals surface area contributed by atoms with E-state index in [1.807, 2.05) is 30.3 Å². The highest BCUT2D eigenvalue weighted by Gasteiger charge is 2.06. The molecular formula is C14H12Br3NO2. The van der Waals surface area contributed by atoms with Crippen molar-refractivity contribution < 1.29 is 9.84 Å². The number of ether oxygens (including phenoxy) is 1. The molecule has 0 saturated heterocycles. The number of aromatic hydroxyl groups is 1. The van der Waals surface area contributed by atoms with Gasteiger partial charge in [-0.2, -0.15) is 0 Å². The summed E-state index contributed by atoms with van der Waals surface area (Å²) in [7, 11) is 1.64. The van der Waals surface area contributed by atoms with E-state index in [4.69, 9.17) is 4.74 Å². The maximum Gasteiger partial charge on any atom is 0.143 e. The lowest BCUT2D eigenvalue weighted by atomic mass is 10.2. The minimum absolute atomic E-state index is 0.207. The fourth-order valence-electron chi connectivity index (χ4n) is 1.69. The van der Waals surface area contributed by atoms with Gasteiger partial charge in [0.15, 0.2) is 0 Å². The topological polar surface area (TPSA) is 41.5 Å². The molecule has 0 heterocycles. The zero-order chi connectivity index (χ0) is 14.7. The smallest absolute Gasteiger partial charge is 0.143 e. The molecule has 0 saturated carbocycles. The summed E-state index contributed by atoms with van der Waals surface area (Å²) in [5, 5.41) is 13.0. The van der Waals surface area contributed by atoms with Crippen molar-refractivity contribution in [1.29, 1.82) is 0 Å². The standard InChI is InChI=1S/C14H12Br3NO2/c1-20-13-6-9(2-3-10(13)15)18-7-8-4-11(16)14(19)12(17)5-8/h2-6,18-19H,7H2,1H3. The summed E-state index contributed by atoms with van der Waals surface area (Å²) < 4.78 is 7.50. The van der Waals surface area contributed by atoms with Crippen molar-refractivity contribution in [3.8, 4) is 11.5 Å². The molecule has 0 aliphatic carbocycles. The van der Waals surface area contributed by atoms with Crippen molar-refractivity contribution in [2.45, 2.75) is 6.54 Å². The summed E-state index contributed by atoms with van der Waals surface area (Å²) in [5.74, 6) is 0.988. The summed E-state index contributed by atoms with van der Waals surface area (Å²) in [4.78, 5) is 0. The van der Waals surface area contributed by atoms with E-state index in [1.54, 1.807) is 7.11 Å². The first kappa shape index (κ1) is 15.7. The SMILES string of the molecule is COc1cc(NCc2cc(Br)c(O)c(Br)c2)ccc1Br. The van der Waals surface area contributed by atoms with Crippen LogP contribution in [0, 0.1) is 0 Å². The highest BCUT2D eigenvalue weighted by Crippen LogP contribution is 2.34. The van der Waals surface area contributed by atoms with E-state index in [0.29, 0.717) is 15.5 Å². The van der Waals surface area contributed by atoms with Crippen LogP contribution in [0.3, 0.4) is 0 Å². The highest BCUT2D eigenvalue weighted by molar-refractivity contribution is 9.11. The van der Waals surface area contributed by atoms with Gasteiger partial charge in [0, 0.05) is 18.3 Å². The molecule has 6 heteroatoms. The van der Waals surface area contributed by atoms with Crippen molar-refractivity contribution in [2.24, 2.45) is 0 Å². The average Bonchev–Trinajstić information content (AvgIpc) is 2.43. The van der Waals surface area contributed by atoms with E-state index in [9.17, 15) is 5.11 Å². The van der Waals surface area contributed by atoms with Crippen LogP contribution in [0.5, 0.6) is 11.5 Å². The lowest BCUT2D eigenvalue weighted by molar-refractivity contribution is 0.412. The second-order valence-corrected chi connectivity index (χ2v) is 6.67. The van der Waals surface area contributed by atoms with Crippen molar-refractivity contribution in [3.63, 3.8) is 0 Å². The first-order valence-electron chi connectivity index (χ1n) is 5.75. The Morgan fingerprint density at radius 3 is 2.30 bits per heavy atom. The van der Waals surface area contributed by atoms with Crippen molar-refractivity contribution in [3.05, 3.63) is 49.3 Å². The van der Waals surface area contributed by atoms with Crippen molar-refractivity contribution in [1.82, 2.24) is 0 Å². The fourth-order valence-corrected chi connectivity index (χ4v) is 3.38. The van der Waals surface area contributed by atoms with Crippen molar-refractivity contribution in [2.75, 3.05) is 12.4 Å². The first-order valence-corrected chi connectivity index (χ1v) is 8.13. The van der Waals surface area contributed by atoms with Crippen LogP contribution in [-0.2, 0) is 6.54 Å². The van der Waals surface area contributed by atoms with E-state index >= 15 is 0 Å². The van der Waals surface area contributed by atoms with Gasteiger partial charge in [-0.05, 0) is 77.6 Å². The number of methoxy groups -OCH3 is 1. The molecule has 0 amide bonds. The monoisotopic (exact) mass is 463 g/mol. The zero-order valence-corrected chi connectivity index (χ0v) is 15.3. The van der Waals surface area contributed by atoms with Crippen LogP contribution in [0.1, 0.15) is 5.56 Å². The van der Waals surface area contributed by atoms with Gasteiger partial charge in [-0.25, -0.2) is 0 Å². The molecule has 2 aromatic carbocycles. The minimum Gasteiger partial charge on any atom is -0.506 e. The molecular weight excluding hydrogens is 454 g/mol. The van der Waals surface area contributed by atoms with Crippen LogP contribution in [0.15, 0.2) is 43.7 Å². The predicted octanol–water partition coefficient (Wildman–Crippen LogP) is 5.30. The summed E-state index contributed by atoms with van der Waals surface area (Å²) >= 11 is 10.1. The van der Waals surface area contributed by atoms with Gasteiger partial charge in [0.05, 0.1) is 20.5 Å². The number of phenols is 1. The van der Waals surface area contributed by atoms with E-state index in [1.165, 1.54) is 0 Å². The first-order chi connectivity index (χ1) is 9.51. The average molecular weight is 466 g/mol. The second-order valence-electron chi connectivity index (χ2n) is 4.11. The molecule has 20 heavy (non-hydrogen) atoms. The quantitative estimate of drug-likeness (QED) is 0.643. The number of nitrogens with one attached hydrogen (secondary N) is 1. The number of hydrogen-bond donors (Lipinski definition) is 2. The van der Waals surface area contributed by atoms with E-state index in [0.717, 1.165) is 21.5 Å². The normalized spacial score (nSPS) is 10.4. The third-order valence-electron chi connectivity index (χ3n) is 2.72. The minimum atomic E-state index is 0.207. The van der Waals surface area contributed by atoms with Crippen LogP contribution in [0.4, 0.5) is 5.69 Å². The number of anilines is 1. The molecule has 2 rings (SSSR count). The van der Waals surface area contributed by atoms with E-state index in [2.05, 4.69) is 53.1 Å². The molecule has 2 aromatic rings. The zero-order valence-electron chi connectivity index (χ0n) is 10.6. The van der Waals surface area contributed by atoms with Gasteiger partial charge in [-0.15, -0.1) is 0 Å². The van der Waals surface area contributed by atoms with E-state index in [-0.39, 0.29) is 5.75 Å². The van der Waals surface area contributed by atoms with Gasteiger partial charge in [0.1, 0.15) is 11.5 Å². The van der Waals surface area contributed by atoms with E-state index < -0.39 is 0 Å². The van der Waals surface area contributed by atoms with Gasteiger partial charge in [0.2, 0.25) is 0 Å². The molecule has 0 atom stereocenters. The molecule has 0 aliphatic heterocycles. The van der Waals surface area contributed by atoms with Crippen LogP contribution >= 0.6 is 47.8 Å². The lowest BCUT2D eigenvalue weighted by Gasteiger charge is -2.11. The summed E-state index contributed by atoms with van der Waals surface area (Å²) in [6.45, 7) is 0.641. The van der Waals surface area contributed by atoms with Gasteiger partial charge >= 0.3 is 0 Å². The summed E-state index contributed by atoms with van der Waals surface area (Å²) in [5.41, 5.74) is 2.01. The molecule has 3 nitrogen and oxygen atoms in total. The third kappa shape index (κ3) is 3.68. The Balaban J connectivity index is 2.13. The summed E-state index contributed by atoms with van der Waals surface area (Å²) in [6, 6.07) is 9.59. The number of phenolic OH excluding ortho intramolecular Hbond substituents is 1. The Labute approximate surface area is 142 Å². The van der Waals surface area contributed by atoms with Crippen LogP contribution in [0.25, 0.3) is 0 Å². The number of hydrogen-bond acceptors (Lipinski definition) is 3. The van der Waals surface area contributed by atoms with Crippen LogP contribution in [-0.4, -0.2) is 12.2 Å². The molecule has 0 unspecified atom stereocenters. The molecule has 0 bridgehead atoms. The molecule has 0 aromatic heterocycles.